The predicted octanol–water partition coefficient (Wildman–Crippen LogP) is 2.90. The maximum Gasteiger partial charge on any atom is 0.221 e. The molecular weight excluding hydrogens is 252 g/mol. The second kappa shape index (κ2) is 7.90. The van der Waals surface area contributed by atoms with Gasteiger partial charge < -0.3 is 14.5 Å². The monoisotopic (exact) mass is 279 g/mol. The topological polar surface area (TPSA) is 38.3 Å². The number of ether oxygens (including phenoxy) is 1. The average Bonchev–Trinajstić information content (AvgIpc) is 2.45. The van der Waals surface area contributed by atoms with Crippen LogP contribution in [0, 0.1) is 0 Å². The Balaban J connectivity index is 2.47. The van der Waals surface area contributed by atoms with Crippen molar-refractivity contribution in [2.24, 2.45) is 0 Å². The number of amides is 1. The van der Waals surface area contributed by atoms with E-state index in [1.165, 1.54) is 6.92 Å². The molecule has 20 heavy (non-hydrogen) atoms. The van der Waals surface area contributed by atoms with Gasteiger partial charge in [-0.2, -0.15) is 0 Å². The standard InChI is InChI=1S/C16H26N2O2/c1-5-18(6-2,7-3)12-13-20-16-10-8-15(9-11-16)17-14(4)19/h8-11H,5-7,12-13H2,1-4H3/p+1. The summed E-state index contributed by atoms with van der Waals surface area (Å²) in [6, 6.07) is 7.50. The maximum absolute atomic E-state index is 10.9. The van der Waals surface area contributed by atoms with E-state index in [1.807, 2.05) is 24.3 Å². The SMILES string of the molecule is CC[N+](CC)(CC)CCOc1ccc(NC(C)=O)cc1. The molecule has 0 aromatic heterocycles. The van der Waals surface area contributed by atoms with Crippen molar-refractivity contribution in [3.8, 4) is 5.75 Å². The molecule has 0 aliphatic heterocycles. The van der Waals surface area contributed by atoms with Gasteiger partial charge in [0.15, 0.2) is 0 Å². The first-order valence-corrected chi connectivity index (χ1v) is 7.40. The van der Waals surface area contributed by atoms with Crippen molar-refractivity contribution in [2.45, 2.75) is 27.7 Å². The van der Waals surface area contributed by atoms with Gasteiger partial charge in [-0.1, -0.05) is 0 Å². The zero-order valence-electron chi connectivity index (χ0n) is 13.1. The van der Waals surface area contributed by atoms with Crippen molar-refractivity contribution in [1.29, 1.82) is 0 Å². The Hall–Kier alpha value is -1.55. The Kier molecular flexibility index (Phi) is 6.52. The Bertz CT molecular complexity index is 403. The van der Waals surface area contributed by atoms with Gasteiger partial charge in [-0.05, 0) is 45.0 Å². The van der Waals surface area contributed by atoms with Gasteiger partial charge in [-0.15, -0.1) is 0 Å². The zero-order chi connectivity index (χ0) is 15.0. The van der Waals surface area contributed by atoms with Crippen LogP contribution in [0.25, 0.3) is 0 Å². The van der Waals surface area contributed by atoms with Gasteiger partial charge in [0.25, 0.3) is 0 Å². The summed E-state index contributed by atoms with van der Waals surface area (Å²) in [5.41, 5.74) is 0.797. The van der Waals surface area contributed by atoms with Gasteiger partial charge in [0.1, 0.15) is 18.9 Å². The predicted molar refractivity (Wildman–Crippen MR) is 83.0 cm³/mol. The molecule has 1 rings (SSSR count). The molecule has 1 amide bonds. The molecule has 0 bridgehead atoms. The third-order valence-corrected chi connectivity index (χ3v) is 4.02. The number of hydrogen-bond acceptors (Lipinski definition) is 2. The van der Waals surface area contributed by atoms with E-state index in [0.29, 0.717) is 0 Å². The first-order chi connectivity index (χ1) is 9.55. The second-order valence-electron chi connectivity index (χ2n) is 5.07. The van der Waals surface area contributed by atoms with E-state index in [0.717, 1.165) is 48.7 Å². The van der Waals surface area contributed by atoms with E-state index in [-0.39, 0.29) is 5.91 Å². The highest BCUT2D eigenvalue weighted by molar-refractivity contribution is 5.88. The van der Waals surface area contributed by atoms with Gasteiger partial charge in [-0.3, -0.25) is 4.79 Å². The normalized spacial score (nSPS) is 11.2. The molecule has 0 saturated carbocycles. The molecule has 0 atom stereocenters. The van der Waals surface area contributed by atoms with Crippen LogP contribution in [-0.2, 0) is 4.79 Å². The lowest BCUT2D eigenvalue weighted by Gasteiger charge is -2.35. The fourth-order valence-electron chi connectivity index (χ4n) is 2.34. The van der Waals surface area contributed by atoms with Crippen LogP contribution < -0.4 is 10.1 Å². The summed E-state index contributed by atoms with van der Waals surface area (Å²) in [6.07, 6.45) is 0. The number of carbonyl (C=O) groups is 1. The number of rotatable bonds is 8. The molecule has 0 unspecified atom stereocenters. The molecule has 0 aliphatic carbocycles. The van der Waals surface area contributed by atoms with Crippen LogP contribution in [0.1, 0.15) is 27.7 Å². The van der Waals surface area contributed by atoms with Crippen LogP contribution in [-0.4, -0.2) is 43.2 Å². The van der Waals surface area contributed by atoms with Gasteiger partial charge in [0.05, 0.1) is 19.6 Å². The van der Waals surface area contributed by atoms with E-state index in [4.69, 9.17) is 4.74 Å². The lowest BCUT2D eigenvalue weighted by atomic mass is 10.3. The van der Waals surface area contributed by atoms with Gasteiger partial charge in [0.2, 0.25) is 5.91 Å². The Morgan fingerprint density at radius 2 is 1.65 bits per heavy atom. The van der Waals surface area contributed by atoms with Crippen LogP contribution in [0.2, 0.25) is 0 Å². The number of quaternary nitrogens is 1. The minimum Gasteiger partial charge on any atom is -0.488 e. The highest BCUT2D eigenvalue weighted by atomic mass is 16.5. The fraction of sp³-hybridized carbons (Fsp3) is 0.562. The molecule has 0 saturated heterocycles. The van der Waals surface area contributed by atoms with E-state index in [1.54, 1.807) is 0 Å². The van der Waals surface area contributed by atoms with Crippen molar-refractivity contribution >= 4 is 11.6 Å². The molecule has 4 heteroatoms. The van der Waals surface area contributed by atoms with E-state index in [9.17, 15) is 4.79 Å². The van der Waals surface area contributed by atoms with E-state index in [2.05, 4.69) is 26.1 Å². The molecule has 4 nitrogen and oxygen atoms in total. The van der Waals surface area contributed by atoms with Gasteiger partial charge in [-0.25, -0.2) is 0 Å². The summed E-state index contributed by atoms with van der Waals surface area (Å²) in [5, 5.41) is 2.74. The second-order valence-corrected chi connectivity index (χ2v) is 5.07. The molecule has 0 radical (unpaired) electrons. The Labute approximate surface area is 122 Å². The van der Waals surface area contributed by atoms with Gasteiger partial charge >= 0.3 is 0 Å². The van der Waals surface area contributed by atoms with Crippen LogP contribution in [0.5, 0.6) is 5.75 Å². The number of anilines is 1. The van der Waals surface area contributed by atoms with Crippen LogP contribution in [0.4, 0.5) is 5.69 Å². The van der Waals surface area contributed by atoms with E-state index >= 15 is 0 Å². The summed E-state index contributed by atoms with van der Waals surface area (Å²) < 4.78 is 6.89. The Morgan fingerprint density at radius 3 is 2.10 bits per heavy atom. The van der Waals surface area contributed by atoms with Crippen molar-refractivity contribution < 1.29 is 14.0 Å². The number of benzene rings is 1. The summed E-state index contributed by atoms with van der Waals surface area (Å²) in [6.45, 7) is 13.3. The van der Waals surface area contributed by atoms with Crippen molar-refractivity contribution in [3.63, 3.8) is 0 Å². The minimum absolute atomic E-state index is 0.0606. The molecule has 0 aliphatic rings. The maximum atomic E-state index is 10.9. The zero-order valence-corrected chi connectivity index (χ0v) is 13.1. The lowest BCUT2D eigenvalue weighted by Crippen LogP contribution is -2.49. The van der Waals surface area contributed by atoms with Crippen molar-refractivity contribution in [3.05, 3.63) is 24.3 Å². The minimum atomic E-state index is -0.0606. The molecule has 0 fully saturated rings. The third kappa shape index (κ3) is 4.85. The number of nitrogens with zero attached hydrogens (tertiary/aromatic N) is 1. The number of likely N-dealkylation sites (N-methyl/N-ethyl adjacent to an activating group) is 1. The number of hydrogen-bond donors (Lipinski definition) is 1. The summed E-state index contributed by atoms with van der Waals surface area (Å²) >= 11 is 0. The van der Waals surface area contributed by atoms with Crippen molar-refractivity contribution in [2.75, 3.05) is 38.1 Å². The third-order valence-electron chi connectivity index (χ3n) is 4.02. The number of nitrogens with one attached hydrogen (secondary N) is 1. The smallest absolute Gasteiger partial charge is 0.221 e. The van der Waals surface area contributed by atoms with Crippen molar-refractivity contribution in [1.82, 2.24) is 0 Å². The molecular formula is C16H27N2O2+. The lowest BCUT2D eigenvalue weighted by molar-refractivity contribution is -0.923. The molecule has 112 valence electrons. The fourth-order valence-corrected chi connectivity index (χ4v) is 2.34. The largest absolute Gasteiger partial charge is 0.488 e. The Morgan fingerprint density at radius 1 is 1.10 bits per heavy atom. The van der Waals surface area contributed by atoms with E-state index < -0.39 is 0 Å². The van der Waals surface area contributed by atoms with Gasteiger partial charge in [0, 0.05) is 12.6 Å². The first-order valence-electron chi connectivity index (χ1n) is 7.40. The average molecular weight is 279 g/mol. The highest BCUT2D eigenvalue weighted by Crippen LogP contribution is 2.16. The molecule has 1 N–H and O–H groups in total. The molecule has 1 aromatic carbocycles. The summed E-state index contributed by atoms with van der Waals surface area (Å²) in [7, 11) is 0. The van der Waals surface area contributed by atoms with Crippen LogP contribution in [0.15, 0.2) is 24.3 Å². The van der Waals surface area contributed by atoms with Crippen LogP contribution >= 0.6 is 0 Å². The van der Waals surface area contributed by atoms with Crippen LogP contribution in [0.3, 0.4) is 0 Å². The number of carbonyl (C=O) groups excluding carboxylic acids is 1. The first kappa shape index (κ1) is 16.5. The molecule has 0 heterocycles. The quantitative estimate of drug-likeness (QED) is 0.743. The molecule has 0 spiro atoms. The summed E-state index contributed by atoms with van der Waals surface area (Å²) in [5.74, 6) is 0.787. The highest BCUT2D eigenvalue weighted by Gasteiger charge is 2.20. The molecule has 1 aromatic rings. The summed E-state index contributed by atoms with van der Waals surface area (Å²) in [4.78, 5) is 10.9.